The summed E-state index contributed by atoms with van der Waals surface area (Å²) in [5.74, 6) is 1.11. The SMILES string of the molecule is COc1cnc2c(n1)c(C1CCCNC1)cn2C. The van der Waals surface area contributed by atoms with E-state index in [1.54, 1.807) is 13.3 Å². The Labute approximate surface area is 106 Å². The van der Waals surface area contributed by atoms with Gasteiger partial charge in [-0.3, -0.25) is 0 Å². The highest BCUT2D eigenvalue weighted by Gasteiger charge is 2.21. The summed E-state index contributed by atoms with van der Waals surface area (Å²) in [6.07, 6.45) is 6.26. The van der Waals surface area contributed by atoms with E-state index in [0.717, 1.165) is 24.3 Å². The number of nitrogens with zero attached hydrogens (tertiary/aromatic N) is 3. The number of piperidine rings is 1. The van der Waals surface area contributed by atoms with E-state index in [1.165, 1.54) is 18.4 Å². The van der Waals surface area contributed by atoms with Gasteiger partial charge in [0, 0.05) is 31.3 Å². The largest absolute Gasteiger partial charge is 0.480 e. The van der Waals surface area contributed by atoms with Crippen LogP contribution in [0.15, 0.2) is 12.4 Å². The van der Waals surface area contributed by atoms with Crippen LogP contribution >= 0.6 is 0 Å². The molecule has 5 heteroatoms. The first-order chi connectivity index (χ1) is 8.79. The van der Waals surface area contributed by atoms with E-state index < -0.39 is 0 Å². The first kappa shape index (κ1) is 11.5. The minimum atomic E-state index is 0.531. The van der Waals surface area contributed by atoms with Crippen LogP contribution in [0.4, 0.5) is 0 Å². The van der Waals surface area contributed by atoms with E-state index in [1.807, 2.05) is 11.6 Å². The monoisotopic (exact) mass is 246 g/mol. The molecule has 1 unspecified atom stereocenters. The van der Waals surface area contributed by atoms with E-state index in [9.17, 15) is 0 Å². The topological polar surface area (TPSA) is 52.0 Å². The van der Waals surface area contributed by atoms with E-state index in [2.05, 4.69) is 21.5 Å². The molecule has 0 aliphatic carbocycles. The number of aryl methyl sites for hydroxylation is 1. The number of ether oxygens (including phenoxy) is 1. The summed E-state index contributed by atoms with van der Waals surface area (Å²) in [4.78, 5) is 8.98. The molecular formula is C13H18N4O. The van der Waals surface area contributed by atoms with Crippen LogP contribution in [0.2, 0.25) is 0 Å². The average Bonchev–Trinajstić information content (AvgIpc) is 2.76. The minimum absolute atomic E-state index is 0.531. The molecule has 1 aliphatic rings. The second-order valence-corrected chi connectivity index (χ2v) is 4.82. The van der Waals surface area contributed by atoms with Gasteiger partial charge in [-0.2, -0.15) is 0 Å². The highest BCUT2D eigenvalue weighted by atomic mass is 16.5. The molecule has 0 spiro atoms. The van der Waals surface area contributed by atoms with Crippen LogP contribution in [0.1, 0.15) is 24.3 Å². The lowest BCUT2D eigenvalue weighted by Gasteiger charge is -2.21. The predicted octanol–water partition coefficient (Wildman–Crippen LogP) is 1.44. The van der Waals surface area contributed by atoms with E-state index in [0.29, 0.717) is 11.8 Å². The van der Waals surface area contributed by atoms with Crippen molar-refractivity contribution in [2.75, 3.05) is 20.2 Å². The fourth-order valence-electron chi connectivity index (χ4n) is 2.66. The molecule has 0 radical (unpaired) electrons. The molecule has 1 saturated heterocycles. The number of aromatic nitrogens is 3. The molecule has 96 valence electrons. The van der Waals surface area contributed by atoms with E-state index in [4.69, 9.17) is 4.74 Å². The van der Waals surface area contributed by atoms with Crippen molar-refractivity contribution in [1.82, 2.24) is 19.9 Å². The van der Waals surface area contributed by atoms with Crippen molar-refractivity contribution < 1.29 is 4.74 Å². The maximum absolute atomic E-state index is 5.18. The van der Waals surface area contributed by atoms with Gasteiger partial charge in [0.2, 0.25) is 5.88 Å². The fraction of sp³-hybridized carbons (Fsp3) is 0.538. The fourth-order valence-corrected chi connectivity index (χ4v) is 2.66. The second-order valence-electron chi connectivity index (χ2n) is 4.82. The van der Waals surface area contributed by atoms with Gasteiger partial charge in [0.05, 0.1) is 13.3 Å². The van der Waals surface area contributed by atoms with Crippen LogP contribution in [-0.2, 0) is 7.05 Å². The molecule has 1 aliphatic heterocycles. The lowest BCUT2D eigenvalue weighted by atomic mass is 9.93. The molecule has 0 aromatic carbocycles. The quantitative estimate of drug-likeness (QED) is 0.871. The molecule has 3 heterocycles. The average molecular weight is 246 g/mol. The molecule has 5 nitrogen and oxygen atoms in total. The third-order valence-electron chi connectivity index (χ3n) is 3.62. The summed E-state index contributed by atoms with van der Waals surface area (Å²) in [5.41, 5.74) is 3.19. The smallest absolute Gasteiger partial charge is 0.232 e. The van der Waals surface area contributed by atoms with Gasteiger partial charge in [0.1, 0.15) is 5.52 Å². The molecular weight excluding hydrogens is 228 g/mol. The van der Waals surface area contributed by atoms with Gasteiger partial charge in [-0.05, 0) is 19.4 Å². The highest BCUT2D eigenvalue weighted by molar-refractivity contribution is 5.77. The first-order valence-electron chi connectivity index (χ1n) is 6.36. The molecule has 0 bridgehead atoms. The van der Waals surface area contributed by atoms with E-state index in [-0.39, 0.29) is 0 Å². The summed E-state index contributed by atoms with van der Waals surface area (Å²) >= 11 is 0. The Morgan fingerprint density at radius 2 is 2.39 bits per heavy atom. The molecule has 2 aromatic heterocycles. The minimum Gasteiger partial charge on any atom is -0.480 e. The highest BCUT2D eigenvalue weighted by Crippen LogP contribution is 2.30. The van der Waals surface area contributed by atoms with Crippen LogP contribution in [0.3, 0.4) is 0 Å². The standard InChI is InChI=1S/C13H18N4O/c1-17-8-10(9-4-3-5-14-6-9)12-13(17)15-7-11(16-12)18-2/h7-9,14H,3-6H2,1-2H3. The number of nitrogens with one attached hydrogen (secondary N) is 1. The molecule has 1 N–H and O–H groups in total. The molecule has 1 atom stereocenters. The van der Waals surface area contributed by atoms with Gasteiger partial charge < -0.3 is 14.6 Å². The number of fused-ring (bicyclic) bond motifs is 1. The number of hydrogen-bond donors (Lipinski definition) is 1. The van der Waals surface area contributed by atoms with Crippen LogP contribution in [0, 0.1) is 0 Å². The Balaban J connectivity index is 2.09. The maximum Gasteiger partial charge on any atom is 0.232 e. The van der Waals surface area contributed by atoms with Crippen molar-refractivity contribution in [1.29, 1.82) is 0 Å². The second kappa shape index (κ2) is 4.57. The normalized spacial score (nSPS) is 20.2. The molecule has 0 saturated carbocycles. The zero-order chi connectivity index (χ0) is 12.5. The third-order valence-corrected chi connectivity index (χ3v) is 3.62. The Morgan fingerprint density at radius 1 is 1.50 bits per heavy atom. The molecule has 18 heavy (non-hydrogen) atoms. The van der Waals surface area contributed by atoms with Gasteiger partial charge in [0.25, 0.3) is 0 Å². The molecule has 2 aromatic rings. The van der Waals surface area contributed by atoms with Crippen molar-refractivity contribution in [3.05, 3.63) is 18.0 Å². The predicted molar refractivity (Wildman–Crippen MR) is 69.9 cm³/mol. The summed E-state index contributed by atoms with van der Waals surface area (Å²) in [5, 5.41) is 3.45. The lowest BCUT2D eigenvalue weighted by Crippen LogP contribution is -2.28. The zero-order valence-corrected chi connectivity index (χ0v) is 10.8. The Hall–Kier alpha value is -1.62. The summed E-state index contributed by atoms with van der Waals surface area (Å²) in [6, 6.07) is 0. The van der Waals surface area contributed by atoms with E-state index >= 15 is 0 Å². The van der Waals surface area contributed by atoms with Crippen molar-refractivity contribution >= 4 is 11.2 Å². The summed E-state index contributed by atoms with van der Waals surface area (Å²) < 4.78 is 7.22. The zero-order valence-electron chi connectivity index (χ0n) is 10.8. The Morgan fingerprint density at radius 3 is 3.11 bits per heavy atom. The van der Waals surface area contributed by atoms with Crippen molar-refractivity contribution in [3.63, 3.8) is 0 Å². The van der Waals surface area contributed by atoms with Gasteiger partial charge in [-0.25, -0.2) is 9.97 Å². The number of methoxy groups -OCH3 is 1. The maximum atomic E-state index is 5.18. The van der Waals surface area contributed by atoms with Gasteiger partial charge in [0.15, 0.2) is 5.65 Å². The summed E-state index contributed by atoms with van der Waals surface area (Å²) in [6.45, 7) is 2.15. The van der Waals surface area contributed by atoms with Crippen LogP contribution in [-0.4, -0.2) is 34.7 Å². The van der Waals surface area contributed by atoms with Gasteiger partial charge >= 0.3 is 0 Å². The number of hydrogen-bond acceptors (Lipinski definition) is 4. The number of rotatable bonds is 2. The van der Waals surface area contributed by atoms with Crippen LogP contribution < -0.4 is 10.1 Å². The van der Waals surface area contributed by atoms with Crippen molar-refractivity contribution in [2.45, 2.75) is 18.8 Å². The Kier molecular flexibility index (Phi) is 2.91. The van der Waals surface area contributed by atoms with Gasteiger partial charge in [-0.1, -0.05) is 0 Å². The first-order valence-corrected chi connectivity index (χ1v) is 6.36. The van der Waals surface area contributed by atoms with Crippen LogP contribution in [0.25, 0.3) is 11.2 Å². The Bertz CT molecular complexity index is 557. The van der Waals surface area contributed by atoms with Crippen molar-refractivity contribution in [3.8, 4) is 5.88 Å². The molecule has 0 amide bonds. The van der Waals surface area contributed by atoms with Gasteiger partial charge in [-0.15, -0.1) is 0 Å². The molecule has 1 fully saturated rings. The van der Waals surface area contributed by atoms with Crippen molar-refractivity contribution in [2.24, 2.45) is 7.05 Å². The third kappa shape index (κ3) is 1.84. The lowest BCUT2D eigenvalue weighted by molar-refractivity contribution is 0.397. The summed E-state index contributed by atoms with van der Waals surface area (Å²) in [7, 11) is 3.64. The molecule has 3 rings (SSSR count). The van der Waals surface area contributed by atoms with Crippen LogP contribution in [0.5, 0.6) is 5.88 Å².